The molecule has 3 aromatic rings. The summed E-state index contributed by atoms with van der Waals surface area (Å²) in [5.41, 5.74) is 6.39. The molecular formula is C13H11NO2S3. The van der Waals surface area contributed by atoms with Gasteiger partial charge in [-0.2, -0.15) is 0 Å². The van der Waals surface area contributed by atoms with Crippen LogP contribution >= 0.6 is 34.0 Å². The fourth-order valence-corrected chi connectivity index (χ4v) is 4.92. The Kier molecular flexibility index (Phi) is 3.30. The highest BCUT2D eigenvalue weighted by molar-refractivity contribution is 7.30. The molecule has 0 aliphatic rings. The van der Waals surface area contributed by atoms with E-state index in [4.69, 9.17) is 10.5 Å². The molecule has 0 unspecified atom stereocenters. The summed E-state index contributed by atoms with van der Waals surface area (Å²) < 4.78 is 7.54. The van der Waals surface area contributed by atoms with Crippen molar-refractivity contribution in [1.29, 1.82) is 0 Å². The minimum Gasteiger partial charge on any atom is -0.462 e. The lowest BCUT2D eigenvalue weighted by atomic mass is 10.3. The van der Waals surface area contributed by atoms with E-state index in [1.165, 1.54) is 20.7 Å². The molecule has 0 atom stereocenters. The lowest BCUT2D eigenvalue weighted by Crippen LogP contribution is -2.04. The van der Waals surface area contributed by atoms with Crippen LogP contribution in [0.5, 0.6) is 0 Å². The summed E-state index contributed by atoms with van der Waals surface area (Å²) in [5.74, 6) is -0.338. The molecule has 3 aromatic heterocycles. The Bertz CT molecular complexity index is 710. The standard InChI is InChI=1S/C13H11NO2S3/c1-2-16-13(15)12-7(14)5-10(19-12)11-6-9-8(18-11)3-4-17-9/h3-6H,2,14H2,1H3. The number of esters is 1. The lowest BCUT2D eigenvalue weighted by Gasteiger charge is -1.98. The van der Waals surface area contributed by atoms with Crippen molar-refractivity contribution in [3.63, 3.8) is 0 Å². The maximum atomic E-state index is 11.7. The van der Waals surface area contributed by atoms with Gasteiger partial charge < -0.3 is 10.5 Å². The summed E-state index contributed by atoms with van der Waals surface area (Å²) in [4.78, 5) is 14.4. The molecule has 0 aliphatic carbocycles. The zero-order valence-electron chi connectivity index (χ0n) is 10.1. The van der Waals surface area contributed by atoms with Gasteiger partial charge in [0, 0.05) is 19.2 Å². The van der Waals surface area contributed by atoms with Crippen molar-refractivity contribution >= 4 is 55.1 Å². The summed E-state index contributed by atoms with van der Waals surface area (Å²) >= 11 is 4.83. The highest BCUT2D eigenvalue weighted by Gasteiger charge is 2.17. The number of carbonyl (C=O) groups excluding carboxylic acids is 1. The van der Waals surface area contributed by atoms with Gasteiger partial charge in [0.2, 0.25) is 0 Å². The molecule has 3 rings (SSSR count). The van der Waals surface area contributed by atoms with Gasteiger partial charge in [-0.05, 0) is 30.5 Å². The molecule has 0 amide bonds. The van der Waals surface area contributed by atoms with Gasteiger partial charge >= 0.3 is 5.97 Å². The van der Waals surface area contributed by atoms with E-state index in [1.54, 1.807) is 29.6 Å². The van der Waals surface area contributed by atoms with Crippen molar-refractivity contribution in [3.8, 4) is 9.75 Å². The molecule has 0 saturated carbocycles. The van der Waals surface area contributed by atoms with Crippen LogP contribution in [0.15, 0.2) is 23.6 Å². The van der Waals surface area contributed by atoms with E-state index in [-0.39, 0.29) is 5.97 Å². The minimum absolute atomic E-state index is 0.338. The van der Waals surface area contributed by atoms with Crippen LogP contribution in [0.25, 0.3) is 19.2 Å². The number of hydrogen-bond donors (Lipinski definition) is 1. The average Bonchev–Trinajstić information content (AvgIpc) is 3.01. The molecule has 0 bridgehead atoms. The fraction of sp³-hybridized carbons (Fsp3) is 0.154. The maximum absolute atomic E-state index is 11.7. The van der Waals surface area contributed by atoms with Crippen LogP contribution < -0.4 is 5.73 Å². The Labute approximate surface area is 122 Å². The number of nitrogens with two attached hydrogens (primary N) is 1. The van der Waals surface area contributed by atoms with Crippen LogP contribution in [0.3, 0.4) is 0 Å². The van der Waals surface area contributed by atoms with Gasteiger partial charge in [0.05, 0.1) is 12.3 Å². The molecule has 3 heterocycles. The molecule has 0 fully saturated rings. The average molecular weight is 309 g/mol. The molecule has 0 radical (unpaired) electrons. The van der Waals surface area contributed by atoms with Gasteiger partial charge in [-0.15, -0.1) is 34.0 Å². The molecular weight excluding hydrogens is 298 g/mol. The molecule has 0 spiro atoms. The first-order chi connectivity index (χ1) is 9.19. The second-order valence-electron chi connectivity index (χ2n) is 3.88. The second kappa shape index (κ2) is 4.96. The Morgan fingerprint density at radius 3 is 2.79 bits per heavy atom. The number of thiophene rings is 3. The van der Waals surface area contributed by atoms with E-state index in [0.29, 0.717) is 17.2 Å². The van der Waals surface area contributed by atoms with Crippen LogP contribution in [0.2, 0.25) is 0 Å². The number of anilines is 1. The lowest BCUT2D eigenvalue weighted by molar-refractivity contribution is 0.0533. The Morgan fingerprint density at radius 2 is 2.05 bits per heavy atom. The number of fused-ring (bicyclic) bond motifs is 1. The molecule has 19 heavy (non-hydrogen) atoms. The number of ether oxygens (including phenoxy) is 1. The predicted molar refractivity (Wildman–Crippen MR) is 83.4 cm³/mol. The monoisotopic (exact) mass is 309 g/mol. The smallest absolute Gasteiger partial charge is 0.350 e. The van der Waals surface area contributed by atoms with Crippen molar-refractivity contribution < 1.29 is 9.53 Å². The van der Waals surface area contributed by atoms with Gasteiger partial charge in [0.1, 0.15) is 4.88 Å². The van der Waals surface area contributed by atoms with Gasteiger partial charge in [-0.1, -0.05) is 0 Å². The summed E-state index contributed by atoms with van der Waals surface area (Å²) in [6.07, 6.45) is 0. The van der Waals surface area contributed by atoms with E-state index in [9.17, 15) is 4.79 Å². The van der Waals surface area contributed by atoms with Gasteiger partial charge in [-0.3, -0.25) is 0 Å². The topological polar surface area (TPSA) is 52.3 Å². The zero-order valence-corrected chi connectivity index (χ0v) is 12.6. The summed E-state index contributed by atoms with van der Waals surface area (Å²) in [6, 6.07) is 6.11. The first kappa shape index (κ1) is 12.7. The second-order valence-corrected chi connectivity index (χ2v) is 6.96. The van der Waals surface area contributed by atoms with Gasteiger partial charge in [0.15, 0.2) is 0 Å². The Morgan fingerprint density at radius 1 is 1.26 bits per heavy atom. The normalized spacial score (nSPS) is 11.0. The first-order valence-electron chi connectivity index (χ1n) is 5.73. The highest BCUT2D eigenvalue weighted by atomic mass is 32.1. The Hall–Kier alpha value is -1.37. The predicted octanol–water partition coefficient (Wildman–Crippen LogP) is 4.45. The maximum Gasteiger partial charge on any atom is 0.350 e. The van der Waals surface area contributed by atoms with Crippen LogP contribution in [-0.2, 0) is 4.74 Å². The molecule has 6 heteroatoms. The van der Waals surface area contributed by atoms with E-state index in [2.05, 4.69) is 17.5 Å². The van der Waals surface area contributed by atoms with Crippen molar-refractivity contribution in [2.75, 3.05) is 12.3 Å². The van der Waals surface area contributed by atoms with E-state index >= 15 is 0 Å². The molecule has 98 valence electrons. The third-order valence-electron chi connectivity index (χ3n) is 2.60. The zero-order chi connectivity index (χ0) is 13.4. The number of rotatable bonds is 3. The summed E-state index contributed by atoms with van der Waals surface area (Å²) in [5, 5.41) is 2.08. The summed E-state index contributed by atoms with van der Waals surface area (Å²) in [7, 11) is 0. The third-order valence-corrected chi connectivity index (χ3v) is 6.02. The SMILES string of the molecule is CCOC(=O)c1sc(-c2cc3sccc3s2)cc1N. The fourth-order valence-electron chi connectivity index (χ4n) is 1.77. The Balaban J connectivity index is 1.99. The number of nitrogen functional groups attached to an aromatic ring is 1. The van der Waals surface area contributed by atoms with Crippen molar-refractivity contribution in [2.24, 2.45) is 0 Å². The van der Waals surface area contributed by atoms with Crippen LogP contribution in [0.1, 0.15) is 16.6 Å². The van der Waals surface area contributed by atoms with Crippen LogP contribution in [0, 0.1) is 0 Å². The molecule has 3 nitrogen and oxygen atoms in total. The van der Waals surface area contributed by atoms with Crippen LogP contribution in [-0.4, -0.2) is 12.6 Å². The first-order valence-corrected chi connectivity index (χ1v) is 8.24. The number of carbonyl (C=O) groups is 1. The van der Waals surface area contributed by atoms with Crippen LogP contribution in [0.4, 0.5) is 5.69 Å². The van der Waals surface area contributed by atoms with E-state index in [1.807, 2.05) is 6.07 Å². The van der Waals surface area contributed by atoms with Crippen molar-refractivity contribution in [1.82, 2.24) is 0 Å². The van der Waals surface area contributed by atoms with Gasteiger partial charge in [0.25, 0.3) is 0 Å². The van der Waals surface area contributed by atoms with E-state index < -0.39 is 0 Å². The third kappa shape index (κ3) is 2.27. The molecule has 0 aliphatic heterocycles. The van der Waals surface area contributed by atoms with Crippen molar-refractivity contribution in [2.45, 2.75) is 6.92 Å². The molecule has 0 saturated heterocycles. The number of hydrogen-bond acceptors (Lipinski definition) is 6. The molecule has 2 N–H and O–H groups in total. The highest BCUT2D eigenvalue weighted by Crippen LogP contribution is 2.41. The summed E-state index contributed by atoms with van der Waals surface area (Å²) in [6.45, 7) is 2.15. The molecule has 0 aromatic carbocycles. The van der Waals surface area contributed by atoms with Crippen molar-refractivity contribution in [3.05, 3.63) is 28.5 Å². The van der Waals surface area contributed by atoms with E-state index in [0.717, 1.165) is 9.75 Å². The largest absolute Gasteiger partial charge is 0.462 e. The van der Waals surface area contributed by atoms with Gasteiger partial charge in [-0.25, -0.2) is 4.79 Å². The quantitative estimate of drug-likeness (QED) is 0.727. The minimum atomic E-state index is -0.338.